The number of hydrogen-bond donors (Lipinski definition) is 0. The van der Waals surface area contributed by atoms with E-state index in [-0.39, 0.29) is 11.5 Å². The Morgan fingerprint density at radius 3 is 2.44 bits per heavy atom. The fourth-order valence-corrected chi connectivity index (χ4v) is 4.95. The van der Waals surface area contributed by atoms with Crippen LogP contribution in [0.1, 0.15) is 44.9 Å². The molecule has 2 aromatic heterocycles. The zero-order valence-corrected chi connectivity index (χ0v) is 16.8. The Morgan fingerprint density at radius 1 is 1.11 bits per heavy atom. The van der Waals surface area contributed by atoms with Gasteiger partial charge < -0.3 is 4.40 Å². The zero-order chi connectivity index (χ0) is 19.2. The molecule has 2 heterocycles. The molecule has 0 amide bonds. The van der Waals surface area contributed by atoms with Crippen molar-refractivity contribution in [2.45, 2.75) is 56.5 Å². The lowest BCUT2D eigenvalue weighted by Gasteiger charge is -2.23. The summed E-state index contributed by atoms with van der Waals surface area (Å²) >= 11 is 0. The highest BCUT2D eigenvalue weighted by Crippen LogP contribution is 2.34. The summed E-state index contributed by atoms with van der Waals surface area (Å²) in [7, 11) is -3.55. The van der Waals surface area contributed by atoms with Gasteiger partial charge in [0.25, 0.3) is 0 Å². The second-order valence-electron chi connectivity index (χ2n) is 8.23. The highest BCUT2D eigenvalue weighted by Gasteiger charge is 2.38. The molecule has 1 saturated carbocycles. The zero-order valence-electron chi connectivity index (χ0n) is 16.0. The Bertz CT molecular complexity index is 1060. The minimum atomic E-state index is -3.55. The Labute approximate surface area is 160 Å². The van der Waals surface area contributed by atoms with Gasteiger partial charge in [0.2, 0.25) is 10.0 Å². The fraction of sp³-hybridized carbons (Fsp3) is 0.381. The van der Waals surface area contributed by atoms with E-state index in [1.165, 1.54) is 0 Å². The van der Waals surface area contributed by atoms with Crippen LogP contribution in [0.3, 0.4) is 0 Å². The summed E-state index contributed by atoms with van der Waals surface area (Å²) in [4.78, 5) is 4.74. The third-order valence-corrected chi connectivity index (χ3v) is 7.01. The summed E-state index contributed by atoms with van der Waals surface area (Å²) in [5, 5.41) is 0. The molecule has 6 heteroatoms. The summed E-state index contributed by atoms with van der Waals surface area (Å²) in [6.07, 6.45) is 5.52. The van der Waals surface area contributed by atoms with Gasteiger partial charge in [-0.1, -0.05) is 39.0 Å². The number of fused-ring (bicyclic) bond motifs is 1. The summed E-state index contributed by atoms with van der Waals surface area (Å²) in [6, 6.07) is 13.2. The van der Waals surface area contributed by atoms with Crippen molar-refractivity contribution in [3.63, 3.8) is 0 Å². The minimum absolute atomic E-state index is 0.00498. The number of imidazole rings is 1. The molecule has 1 aromatic carbocycles. The summed E-state index contributed by atoms with van der Waals surface area (Å²) < 4.78 is 30.3. The first-order valence-electron chi connectivity index (χ1n) is 9.30. The maximum Gasteiger partial charge on any atom is 0.243 e. The molecule has 5 nitrogen and oxygen atoms in total. The first kappa shape index (κ1) is 18.2. The van der Waals surface area contributed by atoms with Gasteiger partial charge in [-0.2, -0.15) is 4.31 Å². The molecular formula is C21H25N3O2S. The van der Waals surface area contributed by atoms with Crippen molar-refractivity contribution >= 4 is 15.7 Å². The lowest BCUT2D eigenvalue weighted by atomic mass is 9.87. The smallest absolute Gasteiger partial charge is 0.243 e. The number of benzene rings is 1. The molecule has 142 valence electrons. The monoisotopic (exact) mass is 383 g/mol. The standard InChI is InChI=1S/C21H25N3O2S/c1-21(2,3)16-7-11-19(12-8-16)27(25,26)24(17-9-10-17)15-18-14-22-20-6-4-5-13-23(18)20/h4-8,11-14,17H,9-10,15H2,1-3H3. The van der Waals surface area contributed by atoms with Crippen LogP contribution < -0.4 is 0 Å². The molecule has 0 radical (unpaired) electrons. The summed E-state index contributed by atoms with van der Waals surface area (Å²) in [5.74, 6) is 0. The van der Waals surface area contributed by atoms with Crippen LogP contribution >= 0.6 is 0 Å². The number of aromatic nitrogens is 2. The van der Waals surface area contributed by atoms with Crippen molar-refractivity contribution in [1.82, 2.24) is 13.7 Å². The Balaban J connectivity index is 1.67. The third-order valence-electron chi connectivity index (χ3n) is 5.09. The van der Waals surface area contributed by atoms with Crippen LogP contribution in [-0.2, 0) is 22.0 Å². The van der Waals surface area contributed by atoms with Crippen LogP contribution in [0.2, 0.25) is 0 Å². The van der Waals surface area contributed by atoms with Gasteiger partial charge in [0.05, 0.1) is 23.3 Å². The summed E-state index contributed by atoms with van der Waals surface area (Å²) in [6.45, 7) is 6.70. The van der Waals surface area contributed by atoms with Gasteiger partial charge in [0.15, 0.2) is 0 Å². The molecule has 4 rings (SSSR count). The maximum atomic E-state index is 13.3. The van der Waals surface area contributed by atoms with E-state index in [4.69, 9.17) is 0 Å². The van der Waals surface area contributed by atoms with Crippen LogP contribution in [-0.4, -0.2) is 28.1 Å². The van der Waals surface area contributed by atoms with E-state index in [1.807, 2.05) is 40.9 Å². The SMILES string of the molecule is CC(C)(C)c1ccc(S(=O)(=O)N(Cc2cnc3ccccn23)C2CC2)cc1. The fourth-order valence-electron chi connectivity index (χ4n) is 3.30. The van der Waals surface area contributed by atoms with E-state index in [9.17, 15) is 8.42 Å². The van der Waals surface area contributed by atoms with Crippen molar-refractivity contribution in [3.05, 3.63) is 66.1 Å². The van der Waals surface area contributed by atoms with E-state index >= 15 is 0 Å². The average molecular weight is 384 g/mol. The van der Waals surface area contributed by atoms with Crippen LogP contribution in [0.25, 0.3) is 5.65 Å². The first-order valence-corrected chi connectivity index (χ1v) is 10.7. The molecule has 1 aliphatic rings. The molecule has 0 aliphatic heterocycles. The minimum Gasteiger partial charge on any atom is -0.303 e. The topological polar surface area (TPSA) is 54.7 Å². The third kappa shape index (κ3) is 3.51. The Hall–Kier alpha value is -2.18. The molecule has 3 aromatic rings. The lowest BCUT2D eigenvalue weighted by Crippen LogP contribution is -2.33. The predicted octanol–water partition coefficient (Wildman–Crippen LogP) is 3.99. The van der Waals surface area contributed by atoms with E-state index < -0.39 is 10.0 Å². The molecule has 0 atom stereocenters. The summed E-state index contributed by atoms with van der Waals surface area (Å²) in [5.41, 5.74) is 2.83. The molecule has 0 bridgehead atoms. The van der Waals surface area contributed by atoms with Gasteiger partial charge in [-0.25, -0.2) is 13.4 Å². The molecule has 1 aliphatic carbocycles. The van der Waals surface area contributed by atoms with E-state index in [0.29, 0.717) is 11.4 Å². The highest BCUT2D eigenvalue weighted by atomic mass is 32.2. The van der Waals surface area contributed by atoms with Crippen molar-refractivity contribution in [3.8, 4) is 0 Å². The van der Waals surface area contributed by atoms with Crippen molar-refractivity contribution < 1.29 is 8.42 Å². The van der Waals surface area contributed by atoms with Gasteiger partial charge in [-0.05, 0) is 48.1 Å². The average Bonchev–Trinajstić information content (AvgIpc) is 3.39. The number of pyridine rings is 1. The Kier molecular flexibility index (Phi) is 4.35. The van der Waals surface area contributed by atoms with Gasteiger partial charge in [0, 0.05) is 12.2 Å². The van der Waals surface area contributed by atoms with Crippen LogP contribution in [0.5, 0.6) is 0 Å². The number of nitrogens with zero attached hydrogens (tertiary/aromatic N) is 3. The molecule has 27 heavy (non-hydrogen) atoms. The molecule has 0 spiro atoms. The van der Waals surface area contributed by atoms with Crippen molar-refractivity contribution in [2.24, 2.45) is 0 Å². The number of sulfonamides is 1. The number of hydrogen-bond acceptors (Lipinski definition) is 3. The van der Waals surface area contributed by atoms with Gasteiger partial charge in [-0.15, -0.1) is 0 Å². The van der Waals surface area contributed by atoms with E-state index in [0.717, 1.165) is 29.7 Å². The van der Waals surface area contributed by atoms with Crippen molar-refractivity contribution in [2.75, 3.05) is 0 Å². The normalized spacial score (nSPS) is 15.6. The van der Waals surface area contributed by atoms with Gasteiger partial charge in [-0.3, -0.25) is 0 Å². The second-order valence-corrected chi connectivity index (χ2v) is 10.1. The van der Waals surface area contributed by atoms with Gasteiger partial charge >= 0.3 is 0 Å². The highest BCUT2D eigenvalue weighted by molar-refractivity contribution is 7.89. The predicted molar refractivity (Wildman–Crippen MR) is 106 cm³/mol. The molecule has 0 unspecified atom stereocenters. The van der Waals surface area contributed by atoms with Gasteiger partial charge in [0.1, 0.15) is 5.65 Å². The largest absolute Gasteiger partial charge is 0.303 e. The molecular weight excluding hydrogens is 358 g/mol. The Morgan fingerprint density at radius 2 is 1.81 bits per heavy atom. The van der Waals surface area contributed by atoms with Crippen LogP contribution in [0.15, 0.2) is 59.8 Å². The lowest BCUT2D eigenvalue weighted by molar-refractivity contribution is 0.393. The van der Waals surface area contributed by atoms with Crippen LogP contribution in [0, 0.1) is 0 Å². The van der Waals surface area contributed by atoms with E-state index in [1.54, 1.807) is 22.6 Å². The van der Waals surface area contributed by atoms with Crippen molar-refractivity contribution in [1.29, 1.82) is 0 Å². The molecule has 0 saturated heterocycles. The first-order chi connectivity index (χ1) is 12.8. The quantitative estimate of drug-likeness (QED) is 0.669. The van der Waals surface area contributed by atoms with Crippen LogP contribution in [0.4, 0.5) is 0 Å². The number of rotatable bonds is 5. The molecule has 1 fully saturated rings. The maximum absolute atomic E-state index is 13.3. The second kappa shape index (κ2) is 6.46. The van der Waals surface area contributed by atoms with E-state index in [2.05, 4.69) is 25.8 Å². The molecule has 0 N–H and O–H groups in total.